The van der Waals surface area contributed by atoms with Crippen molar-refractivity contribution in [1.82, 2.24) is 10.6 Å². The first kappa shape index (κ1) is 14.2. The third-order valence-corrected chi connectivity index (χ3v) is 3.94. The summed E-state index contributed by atoms with van der Waals surface area (Å²) in [6, 6.07) is 2.85. The fraction of sp³-hybridized carbons (Fsp3) is 0.250. The number of hydrogen-bond acceptors (Lipinski definition) is 6. The summed E-state index contributed by atoms with van der Waals surface area (Å²) in [6.45, 7) is 1.37. The minimum absolute atomic E-state index is 0.0664. The Morgan fingerprint density at radius 3 is 2.80 bits per heavy atom. The first-order valence-corrected chi connectivity index (χ1v) is 6.63. The van der Waals surface area contributed by atoms with Crippen molar-refractivity contribution in [3.63, 3.8) is 0 Å². The van der Waals surface area contributed by atoms with Crippen LogP contribution in [-0.4, -0.2) is 34.4 Å². The van der Waals surface area contributed by atoms with Gasteiger partial charge in [-0.1, -0.05) is 6.07 Å². The predicted molar refractivity (Wildman–Crippen MR) is 74.5 cm³/mol. The standard InChI is InChI=1S/C12H14N4O3S/c1-12(10(18)15-11(19)16-12)9(17)7(14)5-6(13)8-3-2-4-20-8/h2-5,9,13,17H,14H2,1H3,(H2,15,16,18,19)/b7-5-,13-6?. The molecule has 3 amide bonds. The summed E-state index contributed by atoms with van der Waals surface area (Å²) in [5.74, 6) is -0.658. The first-order valence-electron chi connectivity index (χ1n) is 5.75. The van der Waals surface area contributed by atoms with Crippen LogP contribution in [0.4, 0.5) is 4.79 Å². The van der Waals surface area contributed by atoms with E-state index in [9.17, 15) is 14.7 Å². The van der Waals surface area contributed by atoms with E-state index in [0.29, 0.717) is 4.88 Å². The Bertz CT molecular complexity index is 596. The molecule has 0 radical (unpaired) electrons. The van der Waals surface area contributed by atoms with Crippen molar-refractivity contribution < 1.29 is 14.7 Å². The summed E-state index contributed by atoms with van der Waals surface area (Å²) in [5, 5.41) is 24.2. The molecule has 1 fully saturated rings. The zero-order valence-electron chi connectivity index (χ0n) is 10.6. The van der Waals surface area contributed by atoms with Crippen molar-refractivity contribution in [1.29, 1.82) is 5.41 Å². The van der Waals surface area contributed by atoms with Gasteiger partial charge in [0, 0.05) is 5.70 Å². The molecule has 6 N–H and O–H groups in total. The van der Waals surface area contributed by atoms with Crippen LogP contribution >= 0.6 is 11.3 Å². The van der Waals surface area contributed by atoms with Crippen molar-refractivity contribution in [2.45, 2.75) is 18.6 Å². The van der Waals surface area contributed by atoms with Crippen molar-refractivity contribution in [2.75, 3.05) is 0 Å². The fourth-order valence-corrected chi connectivity index (χ4v) is 2.48. The van der Waals surface area contributed by atoms with Crippen LogP contribution in [0.3, 0.4) is 0 Å². The first-order chi connectivity index (χ1) is 9.34. The van der Waals surface area contributed by atoms with E-state index in [2.05, 4.69) is 5.32 Å². The highest BCUT2D eigenvalue weighted by Crippen LogP contribution is 2.19. The monoisotopic (exact) mass is 294 g/mol. The Morgan fingerprint density at radius 2 is 2.30 bits per heavy atom. The Morgan fingerprint density at radius 1 is 1.60 bits per heavy atom. The van der Waals surface area contributed by atoms with Gasteiger partial charge in [0.2, 0.25) is 0 Å². The van der Waals surface area contributed by atoms with E-state index in [-0.39, 0.29) is 11.4 Å². The average Bonchev–Trinajstić information content (AvgIpc) is 2.98. The van der Waals surface area contributed by atoms with Crippen LogP contribution in [0, 0.1) is 5.41 Å². The molecule has 0 spiro atoms. The molecule has 0 aliphatic carbocycles. The molecule has 2 heterocycles. The Hall–Kier alpha value is -2.19. The lowest BCUT2D eigenvalue weighted by molar-refractivity contribution is -0.126. The van der Waals surface area contributed by atoms with Crippen molar-refractivity contribution >= 4 is 29.0 Å². The summed E-state index contributed by atoms with van der Waals surface area (Å²) >= 11 is 1.36. The molecule has 1 aliphatic rings. The minimum Gasteiger partial charge on any atom is -0.400 e. The van der Waals surface area contributed by atoms with Gasteiger partial charge in [0.15, 0.2) is 0 Å². The molecule has 1 aromatic rings. The van der Waals surface area contributed by atoms with Crippen LogP contribution in [0.15, 0.2) is 29.3 Å². The van der Waals surface area contributed by atoms with E-state index in [1.54, 1.807) is 12.1 Å². The number of aliphatic hydroxyl groups is 1. The van der Waals surface area contributed by atoms with E-state index < -0.39 is 23.6 Å². The van der Waals surface area contributed by atoms with Crippen LogP contribution < -0.4 is 16.4 Å². The molecule has 8 heteroatoms. The molecule has 106 valence electrons. The number of thiophene rings is 1. The zero-order chi connectivity index (χ0) is 14.9. The summed E-state index contributed by atoms with van der Waals surface area (Å²) in [6.07, 6.45) is -0.145. The molecule has 7 nitrogen and oxygen atoms in total. The maximum Gasteiger partial charge on any atom is 0.322 e. The molecule has 0 saturated carbocycles. The molecule has 0 aromatic carbocycles. The highest BCUT2D eigenvalue weighted by atomic mass is 32.1. The lowest BCUT2D eigenvalue weighted by Gasteiger charge is -2.27. The second-order valence-corrected chi connectivity index (χ2v) is 5.50. The lowest BCUT2D eigenvalue weighted by atomic mass is 9.92. The van der Waals surface area contributed by atoms with Crippen LogP contribution in [0.1, 0.15) is 11.8 Å². The van der Waals surface area contributed by atoms with Crippen LogP contribution in [0.25, 0.3) is 0 Å². The summed E-state index contributed by atoms with van der Waals surface area (Å²) < 4.78 is 0. The van der Waals surface area contributed by atoms with Crippen molar-refractivity contribution in [2.24, 2.45) is 5.73 Å². The highest BCUT2D eigenvalue weighted by molar-refractivity contribution is 7.12. The minimum atomic E-state index is -1.53. The molecule has 2 atom stereocenters. The van der Waals surface area contributed by atoms with Crippen molar-refractivity contribution in [3.8, 4) is 0 Å². The number of amides is 3. The SMILES string of the molecule is CC1(C(O)/C(N)=C/C(=N)c2cccs2)NC(=O)NC1=O. The van der Waals surface area contributed by atoms with E-state index in [0.717, 1.165) is 0 Å². The molecule has 1 aliphatic heterocycles. The number of aliphatic hydroxyl groups excluding tert-OH is 1. The second kappa shape index (κ2) is 5.06. The second-order valence-electron chi connectivity index (χ2n) is 4.55. The number of nitrogens with two attached hydrogens (primary N) is 1. The van der Waals surface area contributed by atoms with Gasteiger partial charge in [-0.3, -0.25) is 15.5 Å². The predicted octanol–water partition coefficient (Wildman–Crippen LogP) is -0.0824. The molecule has 2 rings (SSSR count). The maximum atomic E-state index is 11.7. The summed E-state index contributed by atoms with van der Waals surface area (Å²) in [7, 11) is 0. The van der Waals surface area contributed by atoms with Gasteiger partial charge in [0.05, 0.1) is 10.6 Å². The van der Waals surface area contributed by atoms with Crippen LogP contribution in [0.5, 0.6) is 0 Å². The molecule has 1 aromatic heterocycles. The van der Waals surface area contributed by atoms with Gasteiger partial charge < -0.3 is 16.2 Å². The van der Waals surface area contributed by atoms with Crippen LogP contribution in [-0.2, 0) is 4.79 Å². The summed E-state index contributed by atoms with van der Waals surface area (Å²) in [4.78, 5) is 23.5. The zero-order valence-corrected chi connectivity index (χ0v) is 11.5. The van der Waals surface area contributed by atoms with Crippen LogP contribution in [0.2, 0.25) is 0 Å². The largest absolute Gasteiger partial charge is 0.400 e. The highest BCUT2D eigenvalue weighted by Gasteiger charge is 2.48. The smallest absolute Gasteiger partial charge is 0.322 e. The topological polar surface area (TPSA) is 128 Å². The normalized spacial score (nSPS) is 24.2. The van der Waals surface area contributed by atoms with Gasteiger partial charge in [-0.15, -0.1) is 11.3 Å². The molecule has 0 bridgehead atoms. The quantitative estimate of drug-likeness (QED) is 0.393. The van der Waals surface area contributed by atoms with Crippen molar-refractivity contribution in [3.05, 3.63) is 34.2 Å². The van der Waals surface area contributed by atoms with Gasteiger partial charge in [-0.2, -0.15) is 0 Å². The number of carbonyl (C=O) groups is 2. The average molecular weight is 294 g/mol. The number of hydrogen-bond donors (Lipinski definition) is 5. The van der Waals surface area contributed by atoms with Gasteiger partial charge >= 0.3 is 6.03 Å². The van der Waals surface area contributed by atoms with E-state index in [1.165, 1.54) is 24.3 Å². The van der Waals surface area contributed by atoms with Gasteiger partial charge in [-0.25, -0.2) is 4.79 Å². The number of imide groups is 1. The molecular weight excluding hydrogens is 280 g/mol. The van der Waals surface area contributed by atoms with E-state index >= 15 is 0 Å². The number of allylic oxidation sites excluding steroid dienone is 1. The Kier molecular flexibility index (Phi) is 3.60. The third-order valence-electron chi connectivity index (χ3n) is 3.03. The molecule has 2 unspecified atom stereocenters. The summed E-state index contributed by atoms with van der Waals surface area (Å²) in [5.41, 5.74) is 4.27. The Labute approximate surface area is 119 Å². The molecule has 1 saturated heterocycles. The number of rotatable bonds is 4. The van der Waals surface area contributed by atoms with E-state index in [4.69, 9.17) is 11.1 Å². The van der Waals surface area contributed by atoms with Gasteiger partial charge in [0.1, 0.15) is 11.6 Å². The number of urea groups is 1. The van der Waals surface area contributed by atoms with Gasteiger partial charge in [-0.05, 0) is 24.4 Å². The molecule has 20 heavy (non-hydrogen) atoms. The van der Waals surface area contributed by atoms with Gasteiger partial charge in [0.25, 0.3) is 5.91 Å². The lowest BCUT2D eigenvalue weighted by Crippen LogP contribution is -2.55. The number of nitrogens with one attached hydrogen (secondary N) is 3. The fourth-order valence-electron chi connectivity index (χ4n) is 1.83. The Balaban J connectivity index is 2.20. The molecular formula is C12H14N4O3S. The van der Waals surface area contributed by atoms with E-state index in [1.807, 2.05) is 10.7 Å². The maximum absolute atomic E-state index is 11.7. The third kappa shape index (κ3) is 2.43. The number of carbonyl (C=O) groups excluding carboxylic acids is 2.